The van der Waals surface area contributed by atoms with Gasteiger partial charge in [-0.1, -0.05) is 0 Å². The van der Waals surface area contributed by atoms with Gasteiger partial charge in [-0.15, -0.1) is 0 Å². The first-order valence-electron chi connectivity index (χ1n) is 6.23. The van der Waals surface area contributed by atoms with E-state index in [9.17, 15) is 8.78 Å². The number of hydrogen-bond acceptors (Lipinski definition) is 2. The lowest BCUT2D eigenvalue weighted by atomic mass is 9.94. The second-order valence-electron chi connectivity index (χ2n) is 4.91. The van der Waals surface area contributed by atoms with E-state index in [0.29, 0.717) is 24.3 Å². The van der Waals surface area contributed by atoms with Gasteiger partial charge in [-0.05, 0) is 56.5 Å². The standard InChI is InChI=1S/C14H19F2NO/c1-9-8-12(18-3)10(2)7-11(9)14(15,16)13-5-4-6-17-13/h7-8,13,17H,4-6H2,1-3H3. The molecular formula is C14H19F2NO. The molecule has 1 saturated heterocycles. The lowest BCUT2D eigenvalue weighted by molar-refractivity contribution is -0.0382. The molecule has 1 aliphatic heterocycles. The third-order valence-corrected chi connectivity index (χ3v) is 3.60. The second-order valence-corrected chi connectivity index (χ2v) is 4.91. The van der Waals surface area contributed by atoms with Crippen LogP contribution in [0.2, 0.25) is 0 Å². The number of halogens is 2. The van der Waals surface area contributed by atoms with Crippen LogP contribution in [0.25, 0.3) is 0 Å². The molecule has 0 aliphatic carbocycles. The van der Waals surface area contributed by atoms with E-state index in [-0.39, 0.29) is 5.56 Å². The molecule has 1 aromatic rings. The molecule has 18 heavy (non-hydrogen) atoms. The van der Waals surface area contributed by atoms with Crippen LogP contribution in [0.5, 0.6) is 5.75 Å². The molecule has 0 saturated carbocycles. The first kappa shape index (κ1) is 13.3. The van der Waals surface area contributed by atoms with Crippen molar-refractivity contribution in [2.45, 2.75) is 38.7 Å². The summed E-state index contributed by atoms with van der Waals surface area (Å²) in [6, 6.07) is 2.49. The minimum atomic E-state index is -2.82. The summed E-state index contributed by atoms with van der Waals surface area (Å²) in [5.41, 5.74) is 1.44. The number of alkyl halides is 2. The van der Waals surface area contributed by atoms with Crippen LogP contribution in [-0.4, -0.2) is 19.7 Å². The summed E-state index contributed by atoms with van der Waals surface area (Å²) in [6.45, 7) is 4.18. The van der Waals surface area contributed by atoms with Gasteiger partial charge in [0, 0.05) is 5.56 Å². The summed E-state index contributed by atoms with van der Waals surface area (Å²) in [7, 11) is 1.55. The Balaban J connectivity index is 2.40. The molecule has 1 N–H and O–H groups in total. The lowest BCUT2D eigenvalue weighted by Crippen LogP contribution is -2.39. The zero-order valence-corrected chi connectivity index (χ0v) is 11.0. The number of ether oxygens (including phenoxy) is 1. The van der Waals surface area contributed by atoms with Crippen molar-refractivity contribution in [1.29, 1.82) is 0 Å². The fourth-order valence-electron chi connectivity index (χ4n) is 2.55. The summed E-state index contributed by atoms with van der Waals surface area (Å²) >= 11 is 0. The van der Waals surface area contributed by atoms with E-state index >= 15 is 0 Å². The normalized spacial score (nSPS) is 20.2. The molecule has 1 unspecified atom stereocenters. The van der Waals surface area contributed by atoms with E-state index in [1.165, 1.54) is 0 Å². The molecular weight excluding hydrogens is 236 g/mol. The van der Waals surface area contributed by atoms with Gasteiger partial charge in [0.15, 0.2) is 0 Å². The fraction of sp³-hybridized carbons (Fsp3) is 0.571. The molecule has 1 atom stereocenters. The van der Waals surface area contributed by atoms with Gasteiger partial charge >= 0.3 is 0 Å². The third-order valence-electron chi connectivity index (χ3n) is 3.60. The summed E-state index contributed by atoms with van der Waals surface area (Å²) in [6.07, 6.45) is 1.34. The van der Waals surface area contributed by atoms with Gasteiger partial charge in [-0.3, -0.25) is 0 Å². The van der Waals surface area contributed by atoms with Crippen molar-refractivity contribution in [3.63, 3.8) is 0 Å². The number of hydrogen-bond donors (Lipinski definition) is 1. The average Bonchev–Trinajstić information content (AvgIpc) is 2.85. The Morgan fingerprint density at radius 1 is 1.28 bits per heavy atom. The SMILES string of the molecule is COc1cc(C)c(C(F)(F)C2CCCN2)cc1C. The minimum Gasteiger partial charge on any atom is -0.496 e. The number of benzene rings is 1. The maximum absolute atomic E-state index is 14.4. The van der Waals surface area contributed by atoms with E-state index in [0.717, 1.165) is 12.0 Å². The molecule has 0 bridgehead atoms. The first-order chi connectivity index (χ1) is 8.46. The van der Waals surface area contributed by atoms with Gasteiger partial charge < -0.3 is 10.1 Å². The van der Waals surface area contributed by atoms with Gasteiger partial charge in [-0.2, -0.15) is 8.78 Å². The zero-order chi connectivity index (χ0) is 13.3. The summed E-state index contributed by atoms with van der Waals surface area (Å²) < 4.78 is 34.0. The van der Waals surface area contributed by atoms with E-state index in [1.54, 1.807) is 33.1 Å². The molecule has 4 heteroatoms. The Morgan fingerprint density at radius 2 is 2.00 bits per heavy atom. The maximum Gasteiger partial charge on any atom is 0.288 e. The molecule has 2 rings (SSSR count). The van der Waals surface area contributed by atoms with Crippen molar-refractivity contribution in [2.75, 3.05) is 13.7 Å². The van der Waals surface area contributed by atoms with Crippen molar-refractivity contribution >= 4 is 0 Å². The van der Waals surface area contributed by atoms with E-state index in [2.05, 4.69) is 5.32 Å². The molecule has 2 nitrogen and oxygen atoms in total. The molecule has 0 aromatic heterocycles. The van der Waals surface area contributed by atoms with E-state index in [4.69, 9.17) is 4.74 Å². The lowest BCUT2D eigenvalue weighted by Gasteiger charge is -2.26. The van der Waals surface area contributed by atoms with Crippen LogP contribution in [0.15, 0.2) is 12.1 Å². The van der Waals surface area contributed by atoms with Crippen LogP contribution in [0.3, 0.4) is 0 Å². The topological polar surface area (TPSA) is 21.3 Å². The van der Waals surface area contributed by atoms with Crippen LogP contribution < -0.4 is 10.1 Å². The predicted molar refractivity (Wildman–Crippen MR) is 67.4 cm³/mol. The Labute approximate surface area is 106 Å². The van der Waals surface area contributed by atoms with E-state index in [1.807, 2.05) is 0 Å². The quantitative estimate of drug-likeness (QED) is 0.895. The summed E-state index contributed by atoms with van der Waals surface area (Å²) in [4.78, 5) is 0. The van der Waals surface area contributed by atoms with Crippen LogP contribution >= 0.6 is 0 Å². The summed E-state index contributed by atoms with van der Waals surface area (Å²) in [5, 5.41) is 2.89. The summed E-state index contributed by atoms with van der Waals surface area (Å²) in [5.74, 6) is -2.16. The van der Waals surface area contributed by atoms with Gasteiger partial charge in [0.05, 0.1) is 13.2 Å². The van der Waals surface area contributed by atoms with Gasteiger partial charge in [-0.25, -0.2) is 0 Å². The monoisotopic (exact) mass is 255 g/mol. The molecule has 0 radical (unpaired) electrons. The number of rotatable bonds is 3. The van der Waals surface area contributed by atoms with Crippen LogP contribution in [0, 0.1) is 13.8 Å². The first-order valence-corrected chi connectivity index (χ1v) is 6.23. The number of aryl methyl sites for hydroxylation is 2. The van der Waals surface area contributed by atoms with Crippen molar-refractivity contribution in [3.8, 4) is 5.75 Å². The highest BCUT2D eigenvalue weighted by atomic mass is 19.3. The van der Waals surface area contributed by atoms with Gasteiger partial charge in [0.25, 0.3) is 5.92 Å². The zero-order valence-electron chi connectivity index (χ0n) is 11.0. The fourth-order valence-corrected chi connectivity index (χ4v) is 2.55. The number of nitrogens with one attached hydrogen (secondary N) is 1. The van der Waals surface area contributed by atoms with Crippen LogP contribution in [-0.2, 0) is 5.92 Å². The number of methoxy groups -OCH3 is 1. The Bertz CT molecular complexity index is 440. The highest BCUT2D eigenvalue weighted by Gasteiger charge is 2.43. The molecule has 0 spiro atoms. The molecule has 1 fully saturated rings. The Morgan fingerprint density at radius 3 is 2.56 bits per heavy atom. The smallest absolute Gasteiger partial charge is 0.288 e. The molecule has 1 heterocycles. The van der Waals surface area contributed by atoms with Crippen LogP contribution in [0.4, 0.5) is 8.78 Å². The Hall–Kier alpha value is -1.16. The van der Waals surface area contributed by atoms with Crippen molar-refractivity contribution in [3.05, 3.63) is 28.8 Å². The second kappa shape index (κ2) is 4.84. The van der Waals surface area contributed by atoms with Crippen LogP contribution in [0.1, 0.15) is 29.5 Å². The predicted octanol–water partition coefficient (Wildman–Crippen LogP) is 3.16. The Kier molecular flexibility index (Phi) is 3.57. The molecule has 1 aromatic carbocycles. The van der Waals surface area contributed by atoms with Gasteiger partial charge in [0.2, 0.25) is 0 Å². The largest absolute Gasteiger partial charge is 0.496 e. The van der Waals surface area contributed by atoms with Gasteiger partial charge in [0.1, 0.15) is 5.75 Å². The third kappa shape index (κ3) is 2.21. The van der Waals surface area contributed by atoms with Crippen molar-refractivity contribution < 1.29 is 13.5 Å². The molecule has 100 valence electrons. The average molecular weight is 255 g/mol. The maximum atomic E-state index is 14.4. The van der Waals surface area contributed by atoms with Crippen molar-refractivity contribution in [2.24, 2.45) is 0 Å². The van der Waals surface area contributed by atoms with Crippen molar-refractivity contribution in [1.82, 2.24) is 5.32 Å². The van der Waals surface area contributed by atoms with E-state index < -0.39 is 12.0 Å². The molecule has 0 amide bonds. The molecule has 1 aliphatic rings. The highest BCUT2D eigenvalue weighted by Crippen LogP contribution is 2.39. The highest BCUT2D eigenvalue weighted by molar-refractivity contribution is 5.43. The minimum absolute atomic E-state index is 0.111.